The molecule has 0 aromatic heterocycles. The third kappa shape index (κ3) is 3.37. The summed E-state index contributed by atoms with van der Waals surface area (Å²) in [6.07, 6.45) is 1.24. The topological polar surface area (TPSA) is 0 Å². The van der Waals surface area contributed by atoms with Gasteiger partial charge in [0.25, 0.3) is 0 Å². The van der Waals surface area contributed by atoms with Crippen LogP contribution in [0.15, 0.2) is 29.8 Å². The molecule has 1 rings (SSSR count). The summed E-state index contributed by atoms with van der Waals surface area (Å²) >= 11 is 11.4. The molecule has 0 atom stereocenters. The van der Waals surface area contributed by atoms with E-state index in [4.69, 9.17) is 23.2 Å². The van der Waals surface area contributed by atoms with Crippen molar-refractivity contribution in [1.29, 1.82) is 0 Å². The lowest BCUT2D eigenvalue weighted by molar-refractivity contribution is 0.625. The Morgan fingerprint density at radius 3 is 2.77 bits per heavy atom. The van der Waals surface area contributed by atoms with Crippen molar-refractivity contribution in [2.45, 2.75) is 12.8 Å². The minimum atomic E-state index is -0.278. The Morgan fingerprint density at radius 2 is 2.15 bits per heavy atom. The monoisotopic (exact) mass is 218 g/mol. The molecule has 1 aromatic carbocycles. The van der Waals surface area contributed by atoms with Gasteiger partial charge in [-0.25, -0.2) is 4.39 Å². The first-order valence-electron chi connectivity index (χ1n) is 3.87. The van der Waals surface area contributed by atoms with Crippen molar-refractivity contribution in [2.75, 3.05) is 0 Å². The van der Waals surface area contributed by atoms with Gasteiger partial charge in [0.1, 0.15) is 5.82 Å². The molecular weight excluding hydrogens is 210 g/mol. The molecule has 0 bridgehead atoms. The summed E-state index contributed by atoms with van der Waals surface area (Å²) in [5.74, 6) is -0.278. The normalized spacial score (nSPS) is 10.1. The second-order valence-corrected chi connectivity index (χ2v) is 3.69. The van der Waals surface area contributed by atoms with Gasteiger partial charge in [0, 0.05) is 10.1 Å². The van der Waals surface area contributed by atoms with E-state index in [1.54, 1.807) is 6.07 Å². The first kappa shape index (κ1) is 10.6. The molecule has 0 aliphatic carbocycles. The molecule has 3 heteroatoms. The van der Waals surface area contributed by atoms with Gasteiger partial charge in [-0.2, -0.15) is 0 Å². The quantitative estimate of drug-likeness (QED) is 0.715. The van der Waals surface area contributed by atoms with Crippen molar-refractivity contribution >= 4 is 23.2 Å². The van der Waals surface area contributed by atoms with Gasteiger partial charge >= 0.3 is 0 Å². The first-order chi connectivity index (χ1) is 6.09. The SMILES string of the molecule is C=C(Cl)CCc1cc(F)ccc1Cl. The van der Waals surface area contributed by atoms with Crippen LogP contribution in [0, 0.1) is 5.82 Å². The van der Waals surface area contributed by atoms with Crippen LogP contribution in [0.5, 0.6) is 0 Å². The maximum Gasteiger partial charge on any atom is 0.123 e. The van der Waals surface area contributed by atoms with E-state index in [0.717, 1.165) is 5.56 Å². The van der Waals surface area contributed by atoms with E-state index in [2.05, 4.69) is 6.58 Å². The van der Waals surface area contributed by atoms with Crippen LogP contribution in [0.1, 0.15) is 12.0 Å². The van der Waals surface area contributed by atoms with Gasteiger partial charge in [-0.05, 0) is 36.6 Å². The summed E-state index contributed by atoms with van der Waals surface area (Å²) < 4.78 is 12.8. The molecular formula is C10H9Cl2F. The molecule has 0 spiro atoms. The third-order valence-corrected chi connectivity index (χ3v) is 2.23. The Morgan fingerprint density at radius 1 is 1.46 bits per heavy atom. The third-order valence-electron chi connectivity index (χ3n) is 1.67. The number of benzene rings is 1. The van der Waals surface area contributed by atoms with Crippen LogP contribution in [-0.2, 0) is 6.42 Å². The zero-order chi connectivity index (χ0) is 9.84. The zero-order valence-corrected chi connectivity index (χ0v) is 8.50. The Labute approximate surface area is 87.0 Å². The highest BCUT2D eigenvalue weighted by molar-refractivity contribution is 6.31. The van der Waals surface area contributed by atoms with Crippen LogP contribution < -0.4 is 0 Å². The highest BCUT2D eigenvalue weighted by Gasteiger charge is 2.02. The maximum absolute atomic E-state index is 12.8. The summed E-state index contributed by atoms with van der Waals surface area (Å²) in [6.45, 7) is 3.55. The highest BCUT2D eigenvalue weighted by atomic mass is 35.5. The van der Waals surface area contributed by atoms with Crippen LogP contribution in [0.4, 0.5) is 4.39 Å². The van der Waals surface area contributed by atoms with Gasteiger partial charge in [0.15, 0.2) is 0 Å². The number of allylic oxidation sites excluding steroid dienone is 1. The standard InChI is InChI=1S/C10H9Cl2F/c1-7(11)2-3-8-6-9(13)4-5-10(8)12/h4-6H,1-3H2. The van der Waals surface area contributed by atoms with E-state index in [1.807, 2.05) is 0 Å². The van der Waals surface area contributed by atoms with Gasteiger partial charge in [0.05, 0.1) is 0 Å². The molecule has 0 amide bonds. The molecule has 0 saturated carbocycles. The highest BCUT2D eigenvalue weighted by Crippen LogP contribution is 2.20. The second-order valence-electron chi connectivity index (χ2n) is 2.75. The predicted octanol–water partition coefficient (Wildman–Crippen LogP) is 4.16. The van der Waals surface area contributed by atoms with Crippen LogP contribution in [0.2, 0.25) is 5.02 Å². The van der Waals surface area contributed by atoms with Crippen molar-refractivity contribution in [3.8, 4) is 0 Å². The Balaban J connectivity index is 2.75. The lowest BCUT2D eigenvalue weighted by Crippen LogP contribution is -1.88. The van der Waals surface area contributed by atoms with Gasteiger partial charge < -0.3 is 0 Å². The lowest BCUT2D eigenvalue weighted by atomic mass is 10.1. The van der Waals surface area contributed by atoms with E-state index in [1.165, 1.54) is 12.1 Å². The number of rotatable bonds is 3. The Bertz CT molecular complexity index is 321. The van der Waals surface area contributed by atoms with Crippen LogP contribution in [-0.4, -0.2) is 0 Å². The minimum Gasteiger partial charge on any atom is -0.207 e. The van der Waals surface area contributed by atoms with Crippen molar-refractivity contribution in [3.63, 3.8) is 0 Å². The average molecular weight is 219 g/mol. The number of aryl methyl sites for hydroxylation is 1. The molecule has 13 heavy (non-hydrogen) atoms. The predicted molar refractivity (Wildman–Crippen MR) is 54.7 cm³/mol. The van der Waals surface area contributed by atoms with E-state index in [0.29, 0.717) is 22.9 Å². The maximum atomic E-state index is 12.8. The summed E-state index contributed by atoms with van der Waals surface area (Å²) in [7, 11) is 0. The fourth-order valence-electron chi connectivity index (χ4n) is 1.01. The molecule has 0 aliphatic rings. The fourth-order valence-corrected chi connectivity index (χ4v) is 1.31. The first-order valence-corrected chi connectivity index (χ1v) is 4.62. The second kappa shape index (κ2) is 4.64. The van der Waals surface area contributed by atoms with Crippen molar-refractivity contribution in [2.24, 2.45) is 0 Å². The van der Waals surface area contributed by atoms with Gasteiger partial charge in [-0.1, -0.05) is 29.8 Å². The molecule has 0 unspecified atom stereocenters. The minimum absolute atomic E-state index is 0.278. The van der Waals surface area contributed by atoms with E-state index in [-0.39, 0.29) is 5.82 Å². The van der Waals surface area contributed by atoms with E-state index in [9.17, 15) is 4.39 Å². The molecule has 0 nitrogen and oxygen atoms in total. The fraction of sp³-hybridized carbons (Fsp3) is 0.200. The van der Waals surface area contributed by atoms with Crippen molar-refractivity contribution < 1.29 is 4.39 Å². The van der Waals surface area contributed by atoms with E-state index >= 15 is 0 Å². The van der Waals surface area contributed by atoms with Crippen LogP contribution in [0.25, 0.3) is 0 Å². The molecule has 0 heterocycles. The Hall–Kier alpha value is -0.530. The van der Waals surface area contributed by atoms with Crippen LogP contribution >= 0.6 is 23.2 Å². The van der Waals surface area contributed by atoms with Crippen molar-refractivity contribution in [1.82, 2.24) is 0 Å². The molecule has 0 N–H and O–H groups in total. The number of hydrogen-bond donors (Lipinski definition) is 0. The van der Waals surface area contributed by atoms with E-state index < -0.39 is 0 Å². The molecule has 0 saturated heterocycles. The molecule has 70 valence electrons. The summed E-state index contributed by atoms with van der Waals surface area (Å²) in [5.41, 5.74) is 0.767. The lowest BCUT2D eigenvalue weighted by Gasteiger charge is -2.02. The smallest absolute Gasteiger partial charge is 0.123 e. The number of halogens is 3. The summed E-state index contributed by atoms with van der Waals surface area (Å²) in [6, 6.07) is 4.30. The molecule has 0 aliphatic heterocycles. The zero-order valence-electron chi connectivity index (χ0n) is 6.99. The largest absolute Gasteiger partial charge is 0.207 e. The average Bonchev–Trinajstić information content (AvgIpc) is 2.06. The Kier molecular flexibility index (Phi) is 3.76. The molecule has 1 aromatic rings. The number of hydrogen-bond acceptors (Lipinski definition) is 0. The van der Waals surface area contributed by atoms with Gasteiger partial charge in [-0.15, -0.1) is 0 Å². The summed E-state index contributed by atoms with van der Waals surface area (Å²) in [4.78, 5) is 0. The van der Waals surface area contributed by atoms with Gasteiger partial charge in [-0.3, -0.25) is 0 Å². The summed E-state index contributed by atoms with van der Waals surface area (Å²) in [5, 5.41) is 1.12. The molecule has 0 fully saturated rings. The van der Waals surface area contributed by atoms with Gasteiger partial charge in [0.2, 0.25) is 0 Å². The van der Waals surface area contributed by atoms with Crippen molar-refractivity contribution in [3.05, 3.63) is 46.2 Å². The van der Waals surface area contributed by atoms with Crippen LogP contribution in [0.3, 0.4) is 0 Å². The molecule has 0 radical (unpaired) electrons.